The van der Waals surface area contributed by atoms with Crippen LogP contribution in [0.2, 0.25) is 0 Å². The Hall–Kier alpha value is -4.89. The average Bonchev–Trinajstić information content (AvgIpc) is 3.56. The summed E-state index contributed by atoms with van der Waals surface area (Å²) in [5.74, 6) is -10.4. The van der Waals surface area contributed by atoms with Gasteiger partial charge in [-0.1, -0.05) is 34.1 Å². The molecule has 8 amide bonds. The number of carbonyl (C=O) groups is 9. The molecule has 1 saturated heterocycles. The number of aliphatic hydroxyl groups is 2. The monoisotopic (exact) mass is 743 g/mol. The smallest absolute Gasteiger partial charge is 0.326 e. The number of nitrogens with zero attached hydrogens (tertiary/aromatic N) is 1. The lowest BCUT2D eigenvalue weighted by Crippen LogP contribution is -2.62. The molecule has 0 unspecified atom stereocenters. The topological polar surface area (TPSA) is 356 Å². The maximum absolute atomic E-state index is 13.4. The average molecular weight is 744 g/mol. The van der Waals surface area contributed by atoms with Gasteiger partial charge in [-0.3, -0.25) is 38.4 Å². The molecule has 0 saturated carbocycles. The van der Waals surface area contributed by atoms with Crippen molar-refractivity contribution in [3.8, 4) is 0 Å². The van der Waals surface area contributed by atoms with E-state index in [0.29, 0.717) is 12.8 Å². The number of primary amides is 2. The minimum absolute atomic E-state index is 0.138. The molecule has 0 bridgehead atoms. The number of amides is 8. The molecule has 0 aromatic heterocycles. The number of hydrogen-bond acceptors (Lipinski definition) is 12. The van der Waals surface area contributed by atoms with E-state index >= 15 is 0 Å². The summed E-state index contributed by atoms with van der Waals surface area (Å²) in [6, 6.07) is -10.3. The van der Waals surface area contributed by atoms with Gasteiger partial charge in [0, 0.05) is 6.54 Å². The van der Waals surface area contributed by atoms with Crippen molar-refractivity contribution in [1.82, 2.24) is 31.5 Å². The van der Waals surface area contributed by atoms with E-state index in [0.717, 1.165) is 4.90 Å². The SMILES string of the molecule is CC[C@H](C)[C@H](NC(=O)[C@H](CC(N)=O)NC(=O)[C@H](CO)NC(=O)[C@H](CC(N)=O)NC(=O)[C@@H](NC(=O)[C@@H](N)[C@@H](C)O)C(C)C)C(=O)N1CCC[C@H]1C(=O)O. The molecule has 0 aromatic carbocycles. The summed E-state index contributed by atoms with van der Waals surface area (Å²) in [5.41, 5.74) is 16.2. The summed E-state index contributed by atoms with van der Waals surface area (Å²) < 4.78 is 0. The Morgan fingerprint density at radius 1 is 0.731 bits per heavy atom. The van der Waals surface area contributed by atoms with Crippen molar-refractivity contribution in [3.05, 3.63) is 0 Å². The molecule has 21 heteroatoms. The van der Waals surface area contributed by atoms with E-state index in [1.165, 1.54) is 6.92 Å². The van der Waals surface area contributed by atoms with Crippen molar-refractivity contribution in [2.75, 3.05) is 13.2 Å². The number of carboxylic acids is 1. The van der Waals surface area contributed by atoms with Crippen LogP contribution in [0, 0.1) is 11.8 Å². The summed E-state index contributed by atoms with van der Waals surface area (Å²) >= 11 is 0. The minimum Gasteiger partial charge on any atom is -0.480 e. The van der Waals surface area contributed by atoms with Crippen molar-refractivity contribution in [2.24, 2.45) is 29.0 Å². The van der Waals surface area contributed by atoms with Crippen LogP contribution in [-0.4, -0.2) is 135 Å². The van der Waals surface area contributed by atoms with E-state index in [9.17, 15) is 58.5 Å². The molecule has 21 nitrogen and oxygen atoms in total. The molecule has 0 aliphatic carbocycles. The van der Waals surface area contributed by atoms with Gasteiger partial charge in [0.25, 0.3) is 0 Å². The predicted molar refractivity (Wildman–Crippen MR) is 181 cm³/mol. The summed E-state index contributed by atoms with van der Waals surface area (Å²) in [7, 11) is 0. The Bertz CT molecular complexity index is 1340. The molecular formula is C31H53N9O12. The first kappa shape index (κ1) is 45.1. The second-order valence-electron chi connectivity index (χ2n) is 13.1. The van der Waals surface area contributed by atoms with Gasteiger partial charge in [-0.2, -0.15) is 0 Å². The zero-order chi connectivity index (χ0) is 40.0. The fourth-order valence-corrected chi connectivity index (χ4v) is 5.23. The number of nitrogens with one attached hydrogen (secondary N) is 5. The molecule has 9 atom stereocenters. The lowest BCUT2D eigenvalue weighted by Gasteiger charge is -2.31. The summed E-state index contributed by atoms with van der Waals surface area (Å²) in [5, 5.41) is 40.5. The molecule has 0 aromatic rings. The summed E-state index contributed by atoms with van der Waals surface area (Å²) in [4.78, 5) is 115. The van der Waals surface area contributed by atoms with Crippen LogP contribution in [-0.2, 0) is 43.2 Å². The first-order chi connectivity index (χ1) is 24.2. The van der Waals surface area contributed by atoms with Gasteiger partial charge >= 0.3 is 5.97 Å². The number of aliphatic carboxylic acids is 1. The number of nitrogens with two attached hydrogens (primary N) is 3. The highest BCUT2D eigenvalue weighted by atomic mass is 16.4. The van der Waals surface area contributed by atoms with Crippen LogP contribution in [0.3, 0.4) is 0 Å². The van der Waals surface area contributed by atoms with E-state index in [-0.39, 0.29) is 13.0 Å². The van der Waals surface area contributed by atoms with Crippen molar-refractivity contribution in [2.45, 2.75) is 115 Å². The Balaban J connectivity index is 3.20. The quantitative estimate of drug-likeness (QED) is 0.0524. The minimum atomic E-state index is -1.83. The second-order valence-corrected chi connectivity index (χ2v) is 13.1. The third-order valence-corrected chi connectivity index (χ3v) is 8.56. The Morgan fingerprint density at radius 3 is 1.63 bits per heavy atom. The summed E-state index contributed by atoms with van der Waals surface area (Å²) in [6.45, 7) is 6.78. The van der Waals surface area contributed by atoms with E-state index in [1.807, 2.05) is 0 Å². The maximum Gasteiger partial charge on any atom is 0.326 e. The maximum atomic E-state index is 13.4. The van der Waals surface area contributed by atoms with Crippen LogP contribution in [0.4, 0.5) is 0 Å². The van der Waals surface area contributed by atoms with Gasteiger partial charge in [-0.05, 0) is 31.6 Å². The van der Waals surface area contributed by atoms with Gasteiger partial charge in [0.15, 0.2) is 0 Å². The fraction of sp³-hybridized carbons (Fsp3) is 0.710. The van der Waals surface area contributed by atoms with Gasteiger partial charge in [0.05, 0.1) is 25.6 Å². The Labute approximate surface area is 300 Å². The third-order valence-electron chi connectivity index (χ3n) is 8.56. The first-order valence-corrected chi connectivity index (χ1v) is 16.8. The van der Waals surface area contributed by atoms with Gasteiger partial charge in [0.2, 0.25) is 47.3 Å². The molecule has 52 heavy (non-hydrogen) atoms. The molecule has 1 rings (SSSR count). The zero-order valence-electron chi connectivity index (χ0n) is 29.9. The first-order valence-electron chi connectivity index (χ1n) is 16.8. The Kier molecular flexibility index (Phi) is 18.1. The standard InChI is InChI=1S/C31H53N9O12/c1-6-14(4)24(30(50)40-9-7-8-19(40)31(51)52)39-26(46)17(11-21(33)44)35-27(47)18(12-41)37-25(45)16(10-20(32)43)36-29(49)23(13(2)3)38-28(48)22(34)15(5)42/h13-19,22-24,41-42H,6-12,34H2,1-5H3,(H2,32,43)(H2,33,44)(H,35,47)(H,36,49)(H,37,45)(H,38,48)(H,39,46)(H,51,52)/t14-,15+,16-,17-,18-,19-,22-,23-,24-/m0/s1. The van der Waals surface area contributed by atoms with Crippen LogP contribution in [0.5, 0.6) is 0 Å². The molecule has 1 aliphatic heterocycles. The Morgan fingerprint density at radius 2 is 1.19 bits per heavy atom. The van der Waals surface area contributed by atoms with E-state index in [4.69, 9.17) is 17.2 Å². The molecule has 0 spiro atoms. The predicted octanol–water partition coefficient (Wildman–Crippen LogP) is -5.36. The molecule has 14 N–H and O–H groups in total. The van der Waals surface area contributed by atoms with Crippen molar-refractivity contribution < 1.29 is 58.5 Å². The van der Waals surface area contributed by atoms with Crippen molar-refractivity contribution in [3.63, 3.8) is 0 Å². The van der Waals surface area contributed by atoms with Crippen LogP contribution in [0.1, 0.15) is 66.7 Å². The number of aliphatic hydroxyl groups excluding tert-OH is 2. The molecule has 294 valence electrons. The van der Waals surface area contributed by atoms with Crippen LogP contribution >= 0.6 is 0 Å². The van der Waals surface area contributed by atoms with Gasteiger partial charge < -0.3 is 64.0 Å². The highest BCUT2D eigenvalue weighted by Crippen LogP contribution is 2.21. The van der Waals surface area contributed by atoms with Crippen molar-refractivity contribution >= 4 is 53.2 Å². The lowest BCUT2D eigenvalue weighted by molar-refractivity contribution is -0.150. The number of carboxylic acid groups (broad SMARTS) is 1. The highest BCUT2D eigenvalue weighted by Gasteiger charge is 2.40. The molecule has 0 radical (unpaired) electrons. The molecule has 1 heterocycles. The third kappa shape index (κ3) is 13.3. The fourth-order valence-electron chi connectivity index (χ4n) is 5.23. The zero-order valence-corrected chi connectivity index (χ0v) is 29.9. The van der Waals surface area contributed by atoms with Gasteiger partial charge in [-0.25, -0.2) is 4.79 Å². The number of carbonyl (C=O) groups excluding carboxylic acids is 8. The van der Waals surface area contributed by atoms with E-state index < -0.39 is 133 Å². The number of rotatable bonds is 21. The van der Waals surface area contributed by atoms with E-state index in [2.05, 4.69) is 26.6 Å². The molecular weight excluding hydrogens is 690 g/mol. The van der Waals surface area contributed by atoms with Crippen LogP contribution < -0.4 is 43.8 Å². The molecule has 1 aliphatic rings. The largest absolute Gasteiger partial charge is 0.480 e. The molecule has 1 fully saturated rings. The second kappa shape index (κ2) is 20.8. The highest BCUT2D eigenvalue weighted by molar-refractivity contribution is 5.99. The van der Waals surface area contributed by atoms with Crippen molar-refractivity contribution in [1.29, 1.82) is 0 Å². The van der Waals surface area contributed by atoms with Gasteiger partial charge in [0.1, 0.15) is 42.3 Å². The number of hydrogen-bond donors (Lipinski definition) is 11. The van der Waals surface area contributed by atoms with E-state index in [1.54, 1.807) is 27.7 Å². The number of likely N-dealkylation sites (tertiary alicyclic amines) is 1. The lowest BCUT2D eigenvalue weighted by atomic mass is 9.96. The normalized spacial score (nSPS) is 18.7. The summed E-state index contributed by atoms with van der Waals surface area (Å²) in [6.07, 6.45) is -1.82. The van der Waals surface area contributed by atoms with Crippen LogP contribution in [0.25, 0.3) is 0 Å². The van der Waals surface area contributed by atoms with Gasteiger partial charge in [-0.15, -0.1) is 0 Å². The van der Waals surface area contributed by atoms with Crippen LogP contribution in [0.15, 0.2) is 0 Å².